The van der Waals surface area contributed by atoms with Gasteiger partial charge in [-0.1, -0.05) is 50.3 Å². The largest absolute Gasteiger partial charge is 0.323 e. The van der Waals surface area contributed by atoms with Crippen molar-refractivity contribution in [1.82, 2.24) is 9.97 Å². The van der Waals surface area contributed by atoms with Crippen LogP contribution in [0.15, 0.2) is 41.2 Å². The molecule has 2 rings (SSSR count). The third-order valence-electron chi connectivity index (χ3n) is 2.81. The van der Waals surface area contributed by atoms with E-state index in [0.29, 0.717) is 11.4 Å². The minimum absolute atomic E-state index is 0.0861. The van der Waals surface area contributed by atoms with Crippen molar-refractivity contribution >= 4 is 11.9 Å². The van der Waals surface area contributed by atoms with Crippen molar-refractivity contribution in [3.05, 3.63) is 63.8 Å². The number of benzene rings is 1. The molecule has 0 saturated carbocycles. The molecule has 0 spiro atoms. The van der Waals surface area contributed by atoms with Crippen LogP contribution in [-0.4, -0.2) is 15.8 Å². The van der Waals surface area contributed by atoms with Crippen LogP contribution in [0.3, 0.4) is 0 Å². The number of allylic oxidation sites excluding steroid dienone is 1. The average molecular weight is 256 g/mol. The second-order valence-corrected chi connectivity index (χ2v) is 4.63. The summed E-state index contributed by atoms with van der Waals surface area (Å²) in [5.41, 5.74) is 1.58. The van der Waals surface area contributed by atoms with Crippen molar-refractivity contribution in [1.29, 1.82) is 0 Å². The van der Waals surface area contributed by atoms with E-state index in [1.807, 2.05) is 44.2 Å². The summed E-state index contributed by atoms with van der Waals surface area (Å²) in [5.74, 6) is -0.117. The van der Waals surface area contributed by atoms with Gasteiger partial charge in [-0.05, 0) is 17.6 Å². The smallest absolute Gasteiger partial charge is 0.309 e. The Labute approximate surface area is 111 Å². The molecule has 0 fully saturated rings. The summed E-state index contributed by atoms with van der Waals surface area (Å²) < 4.78 is 0. The monoisotopic (exact) mass is 256 g/mol. The number of carbonyl (C=O) groups is 1. The van der Waals surface area contributed by atoms with E-state index in [9.17, 15) is 9.59 Å². The molecule has 0 radical (unpaired) electrons. The fourth-order valence-corrected chi connectivity index (χ4v) is 1.84. The van der Waals surface area contributed by atoms with Crippen molar-refractivity contribution in [3.63, 3.8) is 0 Å². The predicted octanol–water partition coefficient (Wildman–Crippen LogP) is 2.72. The van der Waals surface area contributed by atoms with Crippen LogP contribution in [0.4, 0.5) is 0 Å². The van der Waals surface area contributed by atoms with Crippen molar-refractivity contribution in [3.8, 4) is 0 Å². The molecule has 0 aliphatic heterocycles. The Hall–Kier alpha value is -2.36. The van der Waals surface area contributed by atoms with E-state index in [2.05, 4.69) is 9.97 Å². The second kappa shape index (κ2) is 5.52. The maximum absolute atomic E-state index is 12.1. The van der Waals surface area contributed by atoms with E-state index in [1.54, 1.807) is 6.08 Å². The molecule has 2 aromatic rings. The molecule has 0 bridgehead atoms. The molecule has 1 aromatic heterocycles. The fraction of sp³-hybridized carbons (Fsp3) is 0.200. The number of imidazole rings is 1. The highest BCUT2D eigenvalue weighted by Gasteiger charge is 2.15. The van der Waals surface area contributed by atoms with Gasteiger partial charge >= 0.3 is 5.69 Å². The van der Waals surface area contributed by atoms with Crippen molar-refractivity contribution in [2.45, 2.75) is 19.8 Å². The molecule has 0 atom stereocenters. The topological polar surface area (TPSA) is 65.7 Å². The molecule has 1 aromatic carbocycles. The third-order valence-corrected chi connectivity index (χ3v) is 2.81. The maximum atomic E-state index is 12.1. The minimum Gasteiger partial charge on any atom is -0.309 e. The summed E-state index contributed by atoms with van der Waals surface area (Å²) >= 11 is 0. The molecular formula is C15H16N2O2. The van der Waals surface area contributed by atoms with Gasteiger partial charge in [0.1, 0.15) is 5.69 Å². The zero-order valence-corrected chi connectivity index (χ0v) is 10.9. The Kier molecular flexibility index (Phi) is 3.80. The van der Waals surface area contributed by atoms with Gasteiger partial charge in [0.15, 0.2) is 0 Å². The Morgan fingerprint density at radius 1 is 1.16 bits per heavy atom. The Bertz CT molecular complexity index is 648. The number of H-pyrrole nitrogens is 2. The van der Waals surface area contributed by atoms with E-state index in [1.165, 1.54) is 6.08 Å². The molecule has 4 heteroatoms. The van der Waals surface area contributed by atoms with Crippen molar-refractivity contribution < 1.29 is 4.79 Å². The van der Waals surface area contributed by atoms with Gasteiger partial charge in [0.2, 0.25) is 5.78 Å². The molecule has 0 aliphatic carbocycles. The van der Waals surface area contributed by atoms with Crippen LogP contribution in [-0.2, 0) is 0 Å². The Morgan fingerprint density at radius 2 is 1.84 bits per heavy atom. The third kappa shape index (κ3) is 3.10. The van der Waals surface area contributed by atoms with Gasteiger partial charge in [-0.2, -0.15) is 0 Å². The molecule has 19 heavy (non-hydrogen) atoms. The van der Waals surface area contributed by atoms with Crippen molar-refractivity contribution in [2.24, 2.45) is 0 Å². The molecule has 4 nitrogen and oxygen atoms in total. The fourth-order valence-electron chi connectivity index (χ4n) is 1.84. The summed E-state index contributed by atoms with van der Waals surface area (Å²) in [6.45, 7) is 3.85. The maximum Gasteiger partial charge on any atom is 0.323 e. The summed E-state index contributed by atoms with van der Waals surface area (Å²) in [4.78, 5) is 28.6. The number of aromatic nitrogens is 2. The van der Waals surface area contributed by atoms with Crippen LogP contribution in [0.1, 0.15) is 41.5 Å². The Balaban J connectivity index is 2.26. The number of carbonyl (C=O) groups excluding carboxylic acids is 1. The molecule has 1 heterocycles. The lowest BCUT2D eigenvalue weighted by Gasteiger charge is -2.02. The molecule has 0 saturated heterocycles. The lowest BCUT2D eigenvalue weighted by Crippen LogP contribution is -2.03. The lowest BCUT2D eigenvalue weighted by molar-refractivity contribution is 0.104. The van der Waals surface area contributed by atoms with E-state index < -0.39 is 0 Å². The van der Waals surface area contributed by atoms with Gasteiger partial charge in [0.05, 0.1) is 0 Å². The van der Waals surface area contributed by atoms with Crippen LogP contribution in [0, 0.1) is 0 Å². The van der Waals surface area contributed by atoms with Gasteiger partial charge in [0, 0.05) is 5.69 Å². The summed E-state index contributed by atoms with van der Waals surface area (Å²) in [7, 11) is 0. The summed E-state index contributed by atoms with van der Waals surface area (Å²) in [5, 5.41) is 0. The molecule has 2 N–H and O–H groups in total. The van der Waals surface area contributed by atoms with Crippen LogP contribution in [0.2, 0.25) is 0 Å². The number of aromatic amines is 2. The number of rotatable bonds is 4. The van der Waals surface area contributed by atoms with Gasteiger partial charge in [-0.3, -0.25) is 4.79 Å². The van der Waals surface area contributed by atoms with E-state index >= 15 is 0 Å². The minimum atomic E-state index is -0.347. The number of hydrogen-bond donors (Lipinski definition) is 2. The number of nitrogens with one attached hydrogen (secondary N) is 2. The zero-order chi connectivity index (χ0) is 13.8. The zero-order valence-electron chi connectivity index (χ0n) is 10.9. The first-order valence-corrected chi connectivity index (χ1v) is 6.17. The van der Waals surface area contributed by atoms with Gasteiger partial charge in [-0.15, -0.1) is 0 Å². The van der Waals surface area contributed by atoms with Crippen LogP contribution < -0.4 is 5.69 Å². The first-order chi connectivity index (χ1) is 9.08. The van der Waals surface area contributed by atoms with Crippen LogP contribution in [0.25, 0.3) is 6.08 Å². The number of hydrogen-bond acceptors (Lipinski definition) is 2. The Morgan fingerprint density at radius 3 is 2.47 bits per heavy atom. The molecule has 98 valence electrons. The van der Waals surface area contributed by atoms with E-state index in [-0.39, 0.29) is 17.4 Å². The average Bonchev–Trinajstić information content (AvgIpc) is 2.79. The van der Waals surface area contributed by atoms with E-state index in [4.69, 9.17) is 0 Å². The predicted molar refractivity (Wildman–Crippen MR) is 75.3 cm³/mol. The summed E-state index contributed by atoms with van der Waals surface area (Å²) in [6.07, 6.45) is 3.21. The quantitative estimate of drug-likeness (QED) is 0.652. The molecular weight excluding hydrogens is 240 g/mol. The highest BCUT2D eigenvalue weighted by atomic mass is 16.1. The van der Waals surface area contributed by atoms with Gasteiger partial charge in [0.25, 0.3) is 0 Å². The summed E-state index contributed by atoms with van der Waals surface area (Å²) in [6, 6.07) is 9.55. The first-order valence-electron chi connectivity index (χ1n) is 6.17. The van der Waals surface area contributed by atoms with Gasteiger partial charge < -0.3 is 9.97 Å². The normalized spacial score (nSPS) is 11.3. The highest BCUT2D eigenvalue weighted by molar-refractivity contribution is 6.06. The van der Waals surface area contributed by atoms with Crippen LogP contribution in [0.5, 0.6) is 0 Å². The molecule has 0 unspecified atom stereocenters. The lowest BCUT2D eigenvalue weighted by atomic mass is 10.1. The van der Waals surface area contributed by atoms with Crippen LogP contribution >= 0.6 is 0 Å². The second-order valence-electron chi connectivity index (χ2n) is 4.63. The SMILES string of the molecule is CC(C)c1[nH]c(=O)[nH]c1C(=O)/C=C/c1ccccc1. The first kappa shape index (κ1) is 13.1. The van der Waals surface area contributed by atoms with Crippen molar-refractivity contribution in [2.75, 3.05) is 0 Å². The molecule has 0 amide bonds. The standard InChI is InChI=1S/C15H16N2O2/c1-10(2)13-14(17-15(19)16-13)12(18)9-8-11-6-4-3-5-7-11/h3-10H,1-2H3,(H2,16,17,19)/b9-8+. The number of ketones is 1. The molecule has 0 aliphatic rings. The van der Waals surface area contributed by atoms with E-state index in [0.717, 1.165) is 5.56 Å². The highest BCUT2D eigenvalue weighted by Crippen LogP contribution is 2.15. The van der Waals surface area contributed by atoms with Gasteiger partial charge in [-0.25, -0.2) is 4.79 Å².